The van der Waals surface area contributed by atoms with E-state index >= 15 is 0 Å². The minimum Gasteiger partial charge on any atom is -0.399 e. The average molecular weight is 887 g/mol. The van der Waals surface area contributed by atoms with Crippen molar-refractivity contribution >= 4 is 74.8 Å². The number of phosphoric acid groups is 3. The van der Waals surface area contributed by atoms with Crippen LogP contribution in [0.4, 0.5) is 11.5 Å². The van der Waals surface area contributed by atoms with Gasteiger partial charge in [-0.15, -0.1) is 0 Å². The second-order valence-electron chi connectivity index (χ2n) is 12.8. The molecule has 12 N–H and O–H groups in total. The number of nitrogens with two attached hydrogens (primary N) is 2. The molecule has 29 heteroatoms. The lowest BCUT2D eigenvalue weighted by Crippen LogP contribution is -2.46. The third-order valence-corrected chi connectivity index (χ3v) is 11.9. The van der Waals surface area contributed by atoms with Crippen LogP contribution in [0.25, 0.3) is 11.2 Å². The van der Waals surface area contributed by atoms with E-state index in [0.29, 0.717) is 11.3 Å². The summed E-state index contributed by atoms with van der Waals surface area (Å²) in [5.74, 6) is -1.24. The van der Waals surface area contributed by atoms with Crippen molar-refractivity contribution in [1.82, 2.24) is 30.2 Å². The minimum atomic E-state index is -5.58. The maximum Gasteiger partial charge on any atom is 0.481 e. The Kier molecular flexibility index (Phi) is 15.5. The molecular formula is C28H41N8O17P3S. The van der Waals surface area contributed by atoms with E-state index in [0.717, 1.165) is 29.0 Å². The molecule has 7 unspecified atom stereocenters. The topological polar surface area (TPSA) is 390 Å². The van der Waals surface area contributed by atoms with E-state index in [4.69, 9.17) is 25.3 Å². The highest BCUT2D eigenvalue weighted by atomic mass is 32.2. The molecule has 1 saturated heterocycles. The maximum absolute atomic E-state index is 12.7. The summed E-state index contributed by atoms with van der Waals surface area (Å²) in [6, 6.07) is 6.42. The Morgan fingerprint density at radius 1 is 1.04 bits per heavy atom. The molecule has 4 rings (SSSR count). The third kappa shape index (κ3) is 13.3. The maximum atomic E-state index is 12.7. The van der Waals surface area contributed by atoms with Crippen molar-refractivity contribution in [3.8, 4) is 0 Å². The summed E-state index contributed by atoms with van der Waals surface area (Å²) in [5, 5.41) is 26.1. The van der Waals surface area contributed by atoms with Gasteiger partial charge < -0.3 is 56.6 Å². The summed E-state index contributed by atoms with van der Waals surface area (Å²) in [6.07, 6.45) is -6.98. The van der Waals surface area contributed by atoms with E-state index in [9.17, 15) is 57.9 Å². The Hall–Kier alpha value is -3.42. The highest BCUT2D eigenvalue weighted by Gasteiger charge is 2.50. The van der Waals surface area contributed by atoms with Crippen molar-refractivity contribution < 1.29 is 80.5 Å². The SMILES string of the molecule is CC(C)(COP(=O)(O)OP(=O)(O)OCC1OC(n2cnc3c(N)ncnc32)C(O)C1OP(=O)(O)O)C(O)C(=O)NCCC(=O)NCCSC(=O)c1cccc(N)c1. The van der Waals surface area contributed by atoms with Crippen LogP contribution in [0.5, 0.6) is 0 Å². The van der Waals surface area contributed by atoms with Gasteiger partial charge in [0, 0.05) is 41.9 Å². The van der Waals surface area contributed by atoms with Crippen molar-refractivity contribution in [3.63, 3.8) is 0 Å². The number of carbonyl (C=O) groups is 3. The standard InChI is InChI=1S/C28H41N8O17P3S/c1-28(2,22(39)25(40)32-7-6-18(37)31-8-9-57-27(41)15-4-3-5-16(29)10-15)12-50-56(47,48)53-55(45,46)49-11-17-21(52-54(42,43)44)20(38)26(51-17)36-14-35-19-23(30)33-13-34-24(19)36/h3-5,10,13-14,17,20-22,26,38-39H,6-9,11-12,29H2,1-2H3,(H,31,37)(H,32,40)(H,45,46)(H,47,48)(H2,30,33,34)(H2,42,43,44). The van der Waals surface area contributed by atoms with Crippen molar-refractivity contribution in [2.24, 2.45) is 5.41 Å². The molecule has 57 heavy (non-hydrogen) atoms. The molecular weight excluding hydrogens is 845 g/mol. The summed E-state index contributed by atoms with van der Waals surface area (Å²) in [6.45, 7) is 0.379. The van der Waals surface area contributed by atoms with Crippen LogP contribution in [0.15, 0.2) is 36.9 Å². The van der Waals surface area contributed by atoms with E-state index in [1.165, 1.54) is 19.9 Å². The molecule has 0 bridgehead atoms. The number of anilines is 2. The Bertz CT molecular complexity index is 2070. The quantitative estimate of drug-likeness (QED) is 0.0390. The van der Waals surface area contributed by atoms with Gasteiger partial charge in [-0.2, -0.15) is 4.31 Å². The number of nitrogen functional groups attached to an aromatic ring is 2. The fourth-order valence-corrected chi connectivity index (χ4v) is 8.54. The van der Waals surface area contributed by atoms with Crippen molar-refractivity contribution in [1.29, 1.82) is 0 Å². The number of nitrogens with zero attached hydrogens (tertiary/aromatic N) is 4. The zero-order chi connectivity index (χ0) is 42.3. The molecule has 3 heterocycles. The molecule has 1 aliphatic rings. The molecule has 316 valence electrons. The number of hydrogen-bond donors (Lipinski definition) is 10. The first-order chi connectivity index (χ1) is 26.5. The average Bonchev–Trinajstić information content (AvgIpc) is 3.68. The predicted molar refractivity (Wildman–Crippen MR) is 197 cm³/mol. The van der Waals surface area contributed by atoms with Gasteiger partial charge in [-0.05, 0) is 12.1 Å². The number of carbonyl (C=O) groups excluding carboxylic acids is 3. The van der Waals surface area contributed by atoms with Gasteiger partial charge in [0.25, 0.3) is 0 Å². The van der Waals surface area contributed by atoms with E-state index in [2.05, 4.69) is 34.4 Å². The van der Waals surface area contributed by atoms with Crippen LogP contribution >= 0.6 is 35.2 Å². The summed E-state index contributed by atoms with van der Waals surface area (Å²) >= 11 is 0.976. The summed E-state index contributed by atoms with van der Waals surface area (Å²) in [7, 11) is -16.4. The fourth-order valence-electron chi connectivity index (χ4n) is 5.02. The predicted octanol–water partition coefficient (Wildman–Crippen LogP) is -0.439. The number of nitrogens with one attached hydrogen (secondary N) is 2. The van der Waals surface area contributed by atoms with Gasteiger partial charge in [-0.1, -0.05) is 37.7 Å². The minimum absolute atomic E-state index is 0.0267. The summed E-state index contributed by atoms with van der Waals surface area (Å²) in [4.78, 5) is 87.9. The molecule has 2 aromatic heterocycles. The van der Waals surface area contributed by atoms with Crippen LogP contribution in [0.3, 0.4) is 0 Å². The zero-order valence-electron chi connectivity index (χ0n) is 30.0. The second-order valence-corrected chi connectivity index (χ2v) is 18.1. The van der Waals surface area contributed by atoms with Crippen LogP contribution in [0.2, 0.25) is 0 Å². The van der Waals surface area contributed by atoms with Crippen molar-refractivity contribution in [2.75, 3.05) is 43.5 Å². The van der Waals surface area contributed by atoms with E-state index < -0.39 is 84.6 Å². The molecule has 1 aliphatic heterocycles. The second kappa shape index (κ2) is 19.1. The van der Waals surface area contributed by atoms with Gasteiger partial charge in [0.15, 0.2) is 17.7 Å². The van der Waals surface area contributed by atoms with Gasteiger partial charge in [0.05, 0.1) is 19.5 Å². The monoisotopic (exact) mass is 886 g/mol. The first kappa shape index (κ1) is 46.3. The summed E-state index contributed by atoms with van der Waals surface area (Å²) < 4.78 is 62.1. The smallest absolute Gasteiger partial charge is 0.399 e. The highest BCUT2D eigenvalue weighted by molar-refractivity contribution is 8.14. The van der Waals surface area contributed by atoms with Gasteiger partial charge >= 0.3 is 23.5 Å². The van der Waals surface area contributed by atoms with Gasteiger partial charge in [0.2, 0.25) is 16.9 Å². The zero-order valence-corrected chi connectivity index (χ0v) is 33.5. The van der Waals surface area contributed by atoms with Gasteiger partial charge in [-0.3, -0.25) is 32.5 Å². The van der Waals surface area contributed by atoms with Gasteiger partial charge in [-0.25, -0.2) is 28.6 Å². The summed E-state index contributed by atoms with van der Waals surface area (Å²) in [5.41, 5.74) is 10.8. The molecule has 2 amide bonds. The number of imidazole rings is 1. The van der Waals surface area contributed by atoms with Crippen LogP contribution in [0, 0.1) is 5.41 Å². The first-order valence-electron chi connectivity index (χ1n) is 16.4. The Morgan fingerprint density at radius 3 is 2.42 bits per heavy atom. The fraction of sp³-hybridized carbons (Fsp3) is 0.500. The molecule has 0 spiro atoms. The number of amides is 2. The Morgan fingerprint density at radius 2 is 1.74 bits per heavy atom. The van der Waals surface area contributed by atoms with Crippen LogP contribution in [0.1, 0.15) is 36.9 Å². The lowest BCUT2D eigenvalue weighted by Gasteiger charge is -2.30. The Balaban J connectivity index is 1.23. The third-order valence-electron chi connectivity index (χ3n) is 7.86. The number of aliphatic hydroxyl groups is 2. The largest absolute Gasteiger partial charge is 0.481 e. The molecule has 25 nitrogen and oxygen atoms in total. The number of phosphoric ester groups is 3. The molecule has 0 saturated carbocycles. The van der Waals surface area contributed by atoms with Crippen LogP contribution < -0.4 is 22.1 Å². The normalized spacial score (nSPS) is 21.4. The number of aromatic nitrogens is 4. The molecule has 3 aromatic rings. The number of ether oxygens (including phenoxy) is 1. The Labute approximate surface area is 327 Å². The van der Waals surface area contributed by atoms with Crippen molar-refractivity contribution in [3.05, 3.63) is 42.5 Å². The first-order valence-corrected chi connectivity index (χ1v) is 21.9. The van der Waals surface area contributed by atoms with E-state index in [1.807, 2.05) is 0 Å². The lowest BCUT2D eigenvalue weighted by molar-refractivity contribution is -0.137. The van der Waals surface area contributed by atoms with Gasteiger partial charge in [0.1, 0.15) is 36.3 Å². The highest BCUT2D eigenvalue weighted by Crippen LogP contribution is 2.61. The molecule has 1 fully saturated rings. The number of benzene rings is 1. The van der Waals surface area contributed by atoms with Crippen LogP contribution in [-0.4, -0.2) is 123 Å². The number of thioether (sulfide) groups is 1. The number of aliphatic hydroxyl groups excluding tert-OH is 2. The van der Waals surface area contributed by atoms with E-state index in [1.54, 1.807) is 18.2 Å². The molecule has 0 radical (unpaired) electrons. The number of rotatable bonds is 20. The number of hydrogen-bond acceptors (Lipinski definition) is 19. The van der Waals surface area contributed by atoms with E-state index in [-0.39, 0.29) is 47.4 Å². The molecule has 7 atom stereocenters. The van der Waals surface area contributed by atoms with Crippen molar-refractivity contribution in [2.45, 2.75) is 50.9 Å². The lowest BCUT2D eigenvalue weighted by atomic mass is 9.87. The van der Waals surface area contributed by atoms with Crippen LogP contribution in [-0.2, 0) is 45.9 Å². The number of fused-ring (bicyclic) bond motifs is 1. The molecule has 1 aromatic carbocycles. The molecule has 0 aliphatic carbocycles.